The minimum absolute atomic E-state index is 0.0511. The summed E-state index contributed by atoms with van der Waals surface area (Å²) in [6.07, 6.45) is 2.11. The largest absolute Gasteiger partial charge is 0.489 e. The molecular weight excluding hydrogens is 326 g/mol. The van der Waals surface area contributed by atoms with Gasteiger partial charge in [0.15, 0.2) is 0 Å². The van der Waals surface area contributed by atoms with Gasteiger partial charge in [-0.1, -0.05) is 41.9 Å². The molecule has 0 unspecified atom stereocenters. The molecule has 0 aliphatic heterocycles. The third kappa shape index (κ3) is 6.22. The second-order valence-corrected chi connectivity index (χ2v) is 5.81. The van der Waals surface area contributed by atoms with E-state index in [0.717, 1.165) is 12.8 Å². The molecule has 128 valence electrons. The molecule has 2 aromatic carbocycles. The minimum atomic E-state index is -0.0511. The number of aryl methyl sites for hydroxylation is 1. The minimum Gasteiger partial charge on any atom is -0.489 e. The van der Waals surface area contributed by atoms with E-state index in [9.17, 15) is 4.79 Å². The second-order valence-electron chi connectivity index (χ2n) is 5.37. The SMILES string of the molecule is COCCOc1ccc(Cl)cc1NC(=O)CCCc1ccccc1. The summed E-state index contributed by atoms with van der Waals surface area (Å²) in [4.78, 5) is 12.2. The number of carbonyl (C=O) groups is 1. The van der Waals surface area contributed by atoms with Crippen molar-refractivity contribution in [3.8, 4) is 5.75 Å². The van der Waals surface area contributed by atoms with E-state index in [4.69, 9.17) is 21.1 Å². The average Bonchev–Trinajstić information content (AvgIpc) is 2.58. The second kappa shape index (κ2) is 9.96. The smallest absolute Gasteiger partial charge is 0.224 e. The van der Waals surface area contributed by atoms with Crippen molar-refractivity contribution in [3.05, 3.63) is 59.1 Å². The van der Waals surface area contributed by atoms with Crippen molar-refractivity contribution >= 4 is 23.2 Å². The van der Waals surface area contributed by atoms with Crippen molar-refractivity contribution < 1.29 is 14.3 Å². The van der Waals surface area contributed by atoms with Crippen LogP contribution < -0.4 is 10.1 Å². The monoisotopic (exact) mass is 347 g/mol. The first-order valence-corrected chi connectivity index (χ1v) is 8.32. The number of rotatable bonds is 9. The lowest BCUT2D eigenvalue weighted by molar-refractivity contribution is -0.116. The zero-order chi connectivity index (χ0) is 17.2. The molecule has 0 aromatic heterocycles. The lowest BCUT2D eigenvalue weighted by atomic mass is 10.1. The van der Waals surface area contributed by atoms with Crippen LogP contribution >= 0.6 is 11.6 Å². The summed E-state index contributed by atoms with van der Waals surface area (Å²) in [7, 11) is 1.61. The van der Waals surface area contributed by atoms with Crippen LogP contribution in [0.1, 0.15) is 18.4 Å². The van der Waals surface area contributed by atoms with Crippen LogP contribution in [-0.4, -0.2) is 26.2 Å². The summed E-state index contributed by atoms with van der Waals surface area (Å²) in [5, 5.41) is 3.43. The number of ether oxygens (including phenoxy) is 2. The molecule has 0 heterocycles. The molecule has 0 bridgehead atoms. The standard InChI is InChI=1S/C19H22ClNO3/c1-23-12-13-24-18-11-10-16(20)14-17(18)21-19(22)9-5-8-15-6-3-2-4-7-15/h2-4,6-7,10-11,14H,5,8-9,12-13H2,1H3,(H,21,22). The third-order valence-corrected chi connectivity index (χ3v) is 3.71. The highest BCUT2D eigenvalue weighted by molar-refractivity contribution is 6.31. The van der Waals surface area contributed by atoms with Gasteiger partial charge in [0.05, 0.1) is 12.3 Å². The number of halogens is 1. The molecule has 0 aliphatic rings. The summed E-state index contributed by atoms with van der Waals surface area (Å²) in [6.45, 7) is 0.891. The van der Waals surface area contributed by atoms with E-state index in [1.165, 1.54) is 5.56 Å². The Kier molecular flexibility index (Phi) is 7.59. The molecule has 1 N–H and O–H groups in total. The number of hydrogen-bond acceptors (Lipinski definition) is 3. The summed E-state index contributed by atoms with van der Waals surface area (Å²) < 4.78 is 10.6. The van der Waals surface area contributed by atoms with Gasteiger partial charge >= 0.3 is 0 Å². The van der Waals surface area contributed by atoms with E-state index in [1.807, 2.05) is 18.2 Å². The molecule has 0 aliphatic carbocycles. The van der Waals surface area contributed by atoms with E-state index in [0.29, 0.717) is 36.1 Å². The fourth-order valence-corrected chi connectivity index (χ4v) is 2.44. The van der Waals surface area contributed by atoms with Crippen molar-refractivity contribution in [2.75, 3.05) is 25.6 Å². The molecular formula is C19H22ClNO3. The van der Waals surface area contributed by atoms with Gasteiger partial charge in [0, 0.05) is 18.6 Å². The molecule has 1 amide bonds. The molecule has 0 fully saturated rings. The molecule has 2 aromatic rings. The maximum atomic E-state index is 12.2. The zero-order valence-corrected chi connectivity index (χ0v) is 14.5. The maximum absolute atomic E-state index is 12.2. The van der Waals surface area contributed by atoms with Gasteiger partial charge in [0.25, 0.3) is 0 Å². The summed E-state index contributed by atoms with van der Waals surface area (Å²) in [6, 6.07) is 15.3. The Balaban J connectivity index is 1.86. The van der Waals surface area contributed by atoms with Crippen molar-refractivity contribution in [1.29, 1.82) is 0 Å². The molecule has 0 atom stereocenters. The topological polar surface area (TPSA) is 47.6 Å². The number of amides is 1. The average molecular weight is 348 g/mol. The van der Waals surface area contributed by atoms with Crippen LogP contribution in [0.3, 0.4) is 0 Å². The molecule has 24 heavy (non-hydrogen) atoms. The molecule has 4 nitrogen and oxygen atoms in total. The number of benzene rings is 2. The fraction of sp³-hybridized carbons (Fsp3) is 0.316. The van der Waals surface area contributed by atoms with Gasteiger partial charge in [-0.05, 0) is 36.6 Å². The van der Waals surface area contributed by atoms with Crippen molar-refractivity contribution in [2.45, 2.75) is 19.3 Å². The molecule has 0 saturated heterocycles. The first-order chi connectivity index (χ1) is 11.7. The number of methoxy groups -OCH3 is 1. The van der Waals surface area contributed by atoms with Gasteiger partial charge in [-0.2, -0.15) is 0 Å². The Morgan fingerprint density at radius 1 is 1.12 bits per heavy atom. The quantitative estimate of drug-likeness (QED) is 0.687. The lowest BCUT2D eigenvalue weighted by Crippen LogP contribution is -2.13. The first kappa shape index (κ1) is 18.3. The zero-order valence-electron chi connectivity index (χ0n) is 13.8. The molecule has 2 rings (SSSR count). The lowest BCUT2D eigenvalue weighted by Gasteiger charge is -2.13. The highest BCUT2D eigenvalue weighted by Crippen LogP contribution is 2.28. The molecule has 0 saturated carbocycles. The predicted molar refractivity (Wildman–Crippen MR) is 96.8 cm³/mol. The van der Waals surface area contributed by atoms with E-state index >= 15 is 0 Å². The van der Waals surface area contributed by atoms with E-state index in [-0.39, 0.29) is 5.91 Å². The van der Waals surface area contributed by atoms with Crippen molar-refractivity contribution in [1.82, 2.24) is 0 Å². The summed E-state index contributed by atoms with van der Waals surface area (Å²) in [5.74, 6) is 0.539. The molecule has 5 heteroatoms. The molecule has 0 spiro atoms. The van der Waals surface area contributed by atoms with Gasteiger partial charge in [0.1, 0.15) is 12.4 Å². The van der Waals surface area contributed by atoms with Crippen LogP contribution in [0, 0.1) is 0 Å². The molecule has 0 radical (unpaired) electrons. The Hall–Kier alpha value is -2.04. The number of hydrogen-bond donors (Lipinski definition) is 1. The van der Waals surface area contributed by atoms with Crippen LogP contribution in [0.25, 0.3) is 0 Å². The van der Waals surface area contributed by atoms with Crippen LogP contribution in [-0.2, 0) is 16.0 Å². The Labute approximate surface area is 147 Å². The Bertz CT molecular complexity index is 646. The van der Waals surface area contributed by atoms with Gasteiger partial charge in [-0.3, -0.25) is 4.79 Å². The van der Waals surface area contributed by atoms with E-state index < -0.39 is 0 Å². The number of nitrogens with one attached hydrogen (secondary N) is 1. The third-order valence-electron chi connectivity index (χ3n) is 3.47. The summed E-state index contributed by atoms with van der Waals surface area (Å²) in [5.41, 5.74) is 1.82. The van der Waals surface area contributed by atoms with Gasteiger partial charge in [-0.25, -0.2) is 0 Å². The Morgan fingerprint density at radius 3 is 2.67 bits per heavy atom. The van der Waals surface area contributed by atoms with Crippen LogP contribution in [0.15, 0.2) is 48.5 Å². The highest BCUT2D eigenvalue weighted by atomic mass is 35.5. The van der Waals surface area contributed by atoms with E-state index in [1.54, 1.807) is 25.3 Å². The number of carbonyl (C=O) groups excluding carboxylic acids is 1. The van der Waals surface area contributed by atoms with Crippen LogP contribution in [0.2, 0.25) is 5.02 Å². The van der Waals surface area contributed by atoms with Crippen LogP contribution in [0.5, 0.6) is 5.75 Å². The van der Waals surface area contributed by atoms with E-state index in [2.05, 4.69) is 17.4 Å². The highest BCUT2D eigenvalue weighted by Gasteiger charge is 2.09. The van der Waals surface area contributed by atoms with Gasteiger partial charge < -0.3 is 14.8 Å². The normalized spacial score (nSPS) is 10.4. The first-order valence-electron chi connectivity index (χ1n) is 7.94. The van der Waals surface area contributed by atoms with Gasteiger partial charge in [-0.15, -0.1) is 0 Å². The Morgan fingerprint density at radius 2 is 1.92 bits per heavy atom. The number of anilines is 1. The van der Waals surface area contributed by atoms with Gasteiger partial charge in [0.2, 0.25) is 5.91 Å². The predicted octanol–water partition coefficient (Wildman–Crippen LogP) is 4.33. The van der Waals surface area contributed by atoms with Crippen molar-refractivity contribution in [2.24, 2.45) is 0 Å². The van der Waals surface area contributed by atoms with Crippen molar-refractivity contribution in [3.63, 3.8) is 0 Å². The van der Waals surface area contributed by atoms with Crippen LogP contribution in [0.4, 0.5) is 5.69 Å². The summed E-state index contributed by atoms with van der Waals surface area (Å²) >= 11 is 6.01. The fourth-order valence-electron chi connectivity index (χ4n) is 2.27. The maximum Gasteiger partial charge on any atom is 0.224 e.